The van der Waals surface area contributed by atoms with Gasteiger partial charge < -0.3 is 10.1 Å². The lowest BCUT2D eigenvalue weighted by atomic mass is 10.2. The highest BCUT2D eigenvalue weighted by Gasteiger charge is 2.16. The lowest BCUT2D eigenvalue weighted by molar-refractivity contribution is 0.0685. The Kier molecular flexibility index (Phi) is 1.92. The molecule has 0 bridgehead atoms. The molecule has 2 rings (SSSR count). The number of nitrogens with one attached hydrogen (secondary N) is 1. The van der Waals surface area contributed by atoms with Crippen LogP contribution >= 0.6 is 0 Å². The average Bonchev–Trinajstić information content (AvgIpc) is 2.59. The predicted molar refractivity (Wildman–Crippen MR) is 47.7 cm³/mol. The van der Waals surface area contributed by atoms with Crippen LogP contribution in [-0.2, 0) is 0 Å². The van der Waals surface area contributed by atoms with Gasteiger partial charge in [-0.2, -0.15) is 0 Å². The highest BCUT2D eigenvalue weighted by molar-refractivity contribution is 5.90. The van der Waals surface area contributed by atoms with Crippen LogP contribution in [0.2, 0.25) is 0 Å². The number of halogens is 2. The Hall–Kier alpha value is -1.98. The van der Waals surface area contributed by atoms with Gasteiger partial charge >= 0.3 is 5.97 Å². The van der Waals surface area contributed by atoms with Crippen LogP contribution in [0.5, 0.6) is 0 Å². The second-order valence-electron chi connectivity index (χ2n) is 3.08. The van der Waals surface area contributed by atoms with Crippen molar-refractivity contribution in [2.45, 2.75) is 6.92 Å². The molecule has 0 amide bonds. The Morgan fingerprint density at radius 1 is 1.47 bits per heavy atom. The lowest BCUT2D eigenvalue weighted by Crippen LogP contribution is -1.97. The molecular weight excluding hydrogens is 206 g/mol. The number of hydrogen-bond acceptors (Lipinski definition) is 2. The van der Waals surface area contributed by atoms with Gasteiger partial charge in [0.2, 0.25) is 5.82 Å². The summed E-state index contributed by atoms with van der Waals surface area (Å²) in [5.41, 5.74) is 0.0580. The molecule has 1 aromatic carbocycles. The van der Waals surface area contributed by atoms with E-state index in [1.807, 2.05) is 0 Å². The Bertz CT molecular complexity index is 563. The molecule has 2 N–H and O–H groups in total. The molecule has 2 aromatic rings. The summed E-state index contributed by atoms with van der Waals surface area (Å²) in [4.78, 5) is 16.4. The first-order valence-corrected chi connectivity index (χ1v) is 4.08. The number of aromatic nitrogens is 2. The zero-order valence-electron chi connectivity index (χ0n) is 7.64. The summed E-state index contributed by atoms with van der Waals surface area (Å²) in [6.07, 6.45) is 0. The van der Waals surface area contributed by atoms with E-state index >= 15 is 0 Å². The molecule has 0 spiro atoms. The summed E-state index contributed by atoms with van der Waals surface area (Å²) in [6, 6.07) is 0.685. The molecule has 0 aliphatic carbocycles. The number of nitrogens with zero attached hydrogens (tertiary/aromatic N) is 1. The molecule has 15 heavy (non-hydrogen) atoms. The number of fused-ring (bicyclic) bond motifs is 1. The van der Waals surface area contributed by atoms with Crippen molar-refractivity contribution in [1.29, 1.82) is 0 Å². The summed E-state index contributed by atoms with van der Waals surface area (Å²) in [6.45, 7) is 1.42. The molecule has 0 aliphatic rings. The van der Waals surface area contributed by atoms with E-state index in [2.05, 4.69) is 9.97 Å². The van der Waals surface area contributed by atoms with Crippen molar-refractivity contribution in [1.82, 2.24) is 9.97 Å². The van der Waals surface area contributed by atoms with E-state index in [1.165, 1.54) is 6.92 Å². The van der Waals surface area contributed by atoms with Crippen LogP contribution in [-0.4, -0.2) is 21.0 Å². The van der Waals surface area contributed by atoms with Gasteiger partial charge in [-0.15, -0.1) is 0 Å². The first-order valence-electron chi connectivity index (χ1n) is 4.08. The number of carbonyl (C=O) groups is 1. The van der Waals surface area contributed by atoms with Crippen molar-refractivity contribution in [3.63, 3.8) is 0 Å². The van der Waals surface area contributed by atoms with E-state index in [0.717, 1.165) is 0 Å². The maximum Gasteiger partial charge on any atom is 0.371 e. The third kappa shape index (κ3) is 1.34. The molecule has 0 atom stereocenters. The average molecular weight is 212 g/mol. The number of aromatic amines is 1. The monoisotopic (exact) mass is 212 g/mol. The van der Waals surface area contributed by atoms with Crippen molar-refractivity contribution >= 4 is 17.0 Å². The second-order valence-corrected chi connectivity index (χ2v) is 3.08. The first-order chi connectivity index (χ1) is 7.00. The number of aromatic carboxylic acids is 1. The Labute approximate surface area is 82.6 Å². The predicted octanol–water partition coefficient (Wildman–Crippen LogP) is 1.85. The minimum Gasteiger partial charge on any atom is -0.475 e. The summed E-state index contributed by atoms with van der Waals surface area (Å²) < 4.78 is 26.3. The first kappa shape index (κ1) is 9.57. The van der Waals surface area contributed by atoms with Gasteiger partial charge in [-0.1, -0.05) is 0 Å². The molecule has 0 unspecified atom stereocenters. The van der Waals surface area contributed by atoms with Crippen LogP contribution in [0.1, 0.15) is 16.2 Å². The van der Waals surface area contributed by atoms with Crippen LogP contribution < -0.4 is 0 Å². The summed E-state index contributed by atoms with van der Waals surface area (Å²) >= 11 is 0. The third-order valence-electron chi connectivity index (χ3n) is 2.12. The van der Waals surface area contributed by atoms with Crippen molar-refractivity contribution in [3.05, 3.63) is 29.1 Å². The van der Waals surface area contributed by atoms with Crippen molar-refractivity contribution in [3.8, 4) is 0 Å². The zero-order chi connectivity index (χ0) is 11.2. The standard InChI is InChI=1S/C9H6F2N2O2/c1-3-4(10)2-5(11)7-6(3)12-8(13-7)9(14)15/h2H,1H3,(H,12,13)(H,14,15). The highest BCUT2D eigenvalue weighted by atomic mass is 19.1. The third-order valence-corrected chi connectivity index (χ3v) is 2.12. The SMILES string of the molecule is Cc1c(F)cc(F)c2nc(C(=O)O)[nH]c12. The summed E-state index contributed by atoms with van der Waals surface area (Å²) in [5, 5.41) is 8.63. The van der Waals surface area contributed by atoms with Crippen LogP contribution in [0.3, 0.4) is 0 Å². The fourth-order valence-electron chi connectivity index (χ4n) is 1.33. The molecule has 78 valence electrons. The molecule has 1 aromatic heterocycles. The fraction of sp³-hybridized carbons (Fsp3) is 0.111. The number of carboxylic acids is 1. The smallest absolute Gasteiger partial charge is 0.371 e. The van der Waals surface area contributed by atoms with E-state index in [0.29, 0.717) is 6.07 Å². The summed E-state index contributed by atoms with van der Waals surface area (Å²) in [7, 11) is 0. The Morgan fingerprint density at radius 3 is 2.73 bits per heavy atom. The van der Waals surface area contributed by atoms with Crippen LogP contribution in [0.25, 0.3) is 11.0 Å². The number of hydrogen-bond donors (Lipinski definition) is 2. The molecule has 0 aliphatic heterocycles. The van der Waals surface area contributed by atoms with E-state index < -0.39 is 23.4 Å². The van der Waals surface area contributed by atoms with Gasteiger partial charge in [-0.3, -0.25) is 0 Å². The summed E-state index contributed by atoms with van der Waals surface area (Å²) in [5.74, 6) is -3.33. The number of benzene rings is 1. The van der Waals surface area contributed by atoms with Gasteiger partial charge in [-0.25, -0.2) is 18.6 Å². The largest absolute Gasteiger partial charge is 0.475 e. The molecule has 0 saturated heterocycles. The molecule has 0 radical (unpaired) electrons. The van der Waals surface area contributed by atoms with Gasteiger partial charge in [0.15, 0.2) is 5.82 Å². The number of carboxylic acid groups (broad SMARTS) is 1. The van der Waals surface area contributed by atoms with Gasteiger partial charge in [0.25, 0.3) is 0 Å². The maximum absolute atomic E-state index is 13.2. The topological polar surface area (TPSA) is 66.0 Å². The second kappa shape index (κ2) is 3.01. The number of aryl methyl sites for hydroxylation is 1. The van der Waals surface area contributed by atoms with Gasteiger partial charge in [-0.05, 0) is 6.92 Å². The molecule has 0 fully saturated rings. The highest BCUT2D eigenvalue weighted by Crippen LogP contribution is 2.22. The van der Waals surface area contributed by atoms with E-state index in [-0.39, 0.29) is 16.6 Å². The lowest BCUT2D eigenvalue weighted by Gasteiger charge is -1.97. The minimum atomic E-state index is -1.31. The number of rotatable bonds is 1. The maximum atomic E-state index is 13.2. The van der Waals surface area contributed by atoms with Crippen LogP contribution in [0.15, 0.2) is 6.07 Å². The minimum absolute atomic E-state index is 0.0740. The Balaban J connectivity index is 2.85. The van der Waals surface area contributed by atoms with Crippen molar-refractivity contribution in [2.75, 3.05) is 0 Å². The normalized spacial score (nSPS) is 10.9. The van der Waals surface area contributed by atoms with Crippen LogP contribution in [0, 0.1) is 18.6 Å². The quantitative estimate of drug-likeness (QED) is 0.758. The molecular formula is C9H6F2N2O2. The zero-order valence-corrected chi connectivity index (χ0v) is 7.64. The Morgan fingerprint density at radius 2 is 2.13 bits per heavy atom. The molecule has 1 heterocycles. The van der Waals surface area contributed by atoms with Crippen LogP contribution in [0.4, 0.5) is 8.78 Å². The fourth-order valence-corrected chi connectivity index (χ4v) is 1.33. The van der Waals surface area contributed by atoms with E-state index in [1.54, 1.807) is 0 Å². The van der Waals surface area contributed by atoms with Crippen molar-refractivity contribution in [2.24, 2.45) is 0 Å². The van der Waals surface area contributed by atoms with Gasteiger partial charge in [0, 0.05) is 11.6 Å². The van der Waals surface area contributed by atoms with E-state index in [9.17, 15) is 13.6 Å². The van der Waals surface area contributed by atoms with Crippen molar-refractivity contribution < 1.29 is 18.7 Å². The van der Waals surface area contributed by atoms with Gasteiger partial charge in [0.05, 0.1) is 5.52 Å². The molecule has 4 nitrogen and oxygen atoms in total. The number of H-pyrrole nitrogens is 1. The molecule has 0 saturated carbocycles. The van der Waals surface area contributed by atoms with Gasteiger partial charge in [0.1, 0.15) is 11.3 Å². The van der Waals surface area contributed by atoms with E-state index in [4.69, 9.17) is 5.11 Å². The molecule has 6 heteroatoms. The number of imidazole rings is 1.